The molecule has 32 heavy (non-hydrogen) atoms. The van der Waals surface area contributed by atoms with E-state index >= 15 is 0 Å². The molecule has 0 bridgehead atoms. The van der Waals surface area contributed by atoms with Crippen LogP contribution < -0.4 is 9.47 Å². The number of benzene rings is 2. The number of aliphatic hydroxyl groups is 1. The van der Waals surface area contributed by atoms with Crippen molar-refractivity contribution < 1.29 is 24.2 Å². The van der Waals surface area contributed by atoms with Crippen LogP contribution in [-0.2, 0) is 9.59 Å². The van der Waals surface area contributed by atoms with Gasteiger partial charge in [0.05, 0.1) is 30.9 Å². The van der Waals surface area contributed by atoms with Crippen molar-refractivity contribution in [2.75, 3.05) is 41.4 Å². The first-order valence-electron chi connectivity index (χ1n) is 10.2. The number of carbonyl (C=O) groups excluding carboxylic acids is 2. The van der Waals surface area contributed by atoms with E-state index in [0.717, 1.165) is 6.54 Å². The minimum atomic E-state index is -0.783. The predicted octanol–water partition coefficient (Wildman–Crippen LogP) is 3.73. The maximum Gasteiger partial charge on any atom is 0.295 e. The van der Waals surface area contributed by atoms with Crippen molar-refractivity contribution in [3.8, 4) is 11.5 Å². The fraction of sp³-hybridized carbons (Fsp3) is 0.333. The lowest BCUT2D eigenvalue weighted by Crippen LogP contribution is -2.32. The number of likely N-dealkylation sites (tertiary alicyclic amines) is 1. The van der Waals surface area contributed by atoms with Gasteiger partial charge in [-0.2, -0.15) is 0 Å². The fourth-order valence-electron chi connectivity index (χ4n) is 3.85. The number of nitrogens with zero attached hydrogens (tertiary/aromatic N) is 2. The van der Waals surface area contributed by atoms with Crippen LogP contribution in [0.5, 0.6) is 11.5 Å². The second-order valence-corrected chi connectivity index (χ2v) is 8.15. The number of carbonyl (C=O) groups is 2. The maximum absolute atomic E-state index is 13.1. The molecule has 1 aliphatic heterocycles. The Bertz CT molecular complexity index is 1050. The second-order valence-electron chi connectivity index (χ2n) is 7.74. The van der Waals surface area contributed by atoms with Crippen LogP contribution in [0.15, 0.2) is 48.0 Å². The zero-order valence-corrected chi connectivity index (χ0v) is 19.3. The molecule has 1 amide bonds. The molecule has 1 atom stereocenters. The molecule has 1 aliphatic rings. The van der Waals surface area contributed by atoms with Gasteiger partial charge in [-0.15, -0.1) is 0 Å². The zero-order valence-electron chi connectivity index (χ0n) is 18.6. The molecule has 2 aromatic carbocycles. The van der Waals surface area contributed by atoms with E-state index in [1.165, 1.54) is 25.2 Å². The Hall–Kier alpha value is -3.03. The molecule has 0 radical (unpaired) electrons. The van der Waals surface area contributed by atoms with Crippen LogP contribution >= 0.6 is 11.6 Å². The Morgan fingerprint density at radius 1 is 1.09 bits per heavy atom. The molecular formula is C24H27ClN2O5. The highest BCUT2D eigenvalue weighted by atomic mass is 35.5. The molecule has 0 aromatic heterocycles. The van der Waals surface area contributed by atoms with Crippen LogP contribution in [0.3, 0.4) is 0 Å². The lowest BCUT2D eigenvalue weighted by Gasteiger charge is -2.27. The van der Waals surface area contributed by atoms with Crippen molar-refractivity contribution in [2.45, 2.75) is 12.5 Å². The summed E-state index contributed by atoms with van der Waals surface area (Å²) in [5.41, 5.74) is 0.952. The van der Waals surface area contributed by atoms with Gasteiger partial charge in [0.15, 0.2) is 0 Å². The molecular weight excluding hydrogens is 432 g/mol. The van der Waals surface area contributed by atoms with Gasteiger partial charge in [0.1, 0.15) is 17.3 Å². The Labute approximate surface area is 192 Å². The average Bonchev–Trinajstić information content (AvgIpc) is 3.03. The summed E-state index contributed by atoms with van der Waals surface area (Å²) in [5, 5.41) is 11.4. The van der Waals surface area contributed by atoms with Gasteiger partial charge in [-0.25, -0.2) is 0 Å². The largest absolute Gasteiger partial charge is 0.507 e. The first-order chi connectivity index (χ1) is 15.3. The van der Waals surface area contributed by atoms with Crippen LogP contribution in [-0.4, -0.2) is 68.0 Å². The van der Waals surface area contributed by atoms with Gasteiger partial charge in [0.2, 0.25) is 0 Å². The van der Waals surface area contributed by atoms with E-state index < -0.39 is 17.7 Å². The molecule has 1 heterocycles. The molecule has 1 N–H and O–H groups in total. The number of aliphatic hydroxyl groups excluding tert-OH is 1. The summed E-state index contributed by atoms with van der Waals surface area (Å²) in [4.78, 5) is 29.6. The monoisotopic (exact) mass is 458 g/mol. The lowest BCUT2D eigenvalue weighted by molar-refractivity contribution is -0.140. The molecule has 0 saturated carbocycles. The SMILES string of the molecule is COc1ccc(C(O)=C2C(=O)C(=O)N(CCCN(C)C)C2c2ccccc2OC)cc1Cl. The zero-order chi connectivity index (χ0) is 23.4. The minimum Gasteiger partial charge on any atom is -0.507 e. The summed E-state index contributed by atoms with van der Waals surface area (Å²) in [6.45, 7) is 1.10. The Balaban J connectivity index is 2.15. The fourth-order valence-corrected chi connectivity index (χ4v) is 4.11. The molecule has 1 unspecified atom stereocenters. The summed E-state index contributed by atoms with van der Waals surface area (Å²) in [6.07, 6.45) is 0.667. The third-order valence-corrected chi connectivity index (χ3v) is 5.70. The molecule has 0 spiro atoms. The first kappa shape index (κ1) is 23.6. The van der Waals surface area contributed by atoms with Gasteiger partial charge in [-0.3, -0.25) is 9.59 Å². The second kappa shape index (κ2) is 10.1. The summed E-state index contributed by atoms with van der Waals surface area (Å²) in [7, 11) is 6.90. The smallest absolute Gasteiger partial charge is 0.295 e. The number of para-hydroxylation sites is 1. The van der Waals surface area contributed by atoms with E-state index in [4.69, 9.17) is 21.1 Å². The van der Waals surface area contributed by atoms with Gasteiger partial charge < -0.3 is 24.4 Å². The third-order valence-electron chi connectivity index (χ3n) is 5.40. The molecule has 1 fully saturated rings. The average molecular weight is 459 g/mol. The predicted molar refractivity (Wildman–Crippen MR) is 123 cm³/mol. The van der Waals surface area contributed by atoms with Gasteiger partial charge >= 0.3 is 0 Å². The Morgan fingerprint density at radius 2 is 1.78 bits per heavy atom. The number of Topliss-reactive ketones (excluding diaryl/α,β-unsaturated/α-hetero) is 1. The lowest BCUT2D eigenvalue weighted by atomic mass is 9.94. The summed E-state index contributed by atoms with van der Waals surface area (Å²) < 4.78 is 10.7. The highest BCUT2D eigenvalue weighted by molar-refractivity contribution is 6.46. The van der Waals surface area contributed by atoms with Crippen molar-refractivity contribution in [1.29, 1.82) is 0 Å². The van der Waals surface area contributed by atoms with E-state index in [1.807, 2.05) is 31.1 Å². The minimum absolute atomic E-state index is 0.00517. The van der Waals surface area contributed by atoms with E-state index in [1.54, 1.807) is 24.3 Å². The van der Waals surface area contributed by atoms with E-state index in [2.05, 4.69) is 0 Å². The van der Waals surface area contributed by atoms with E-state index in [-0.39, 0.29) is 16.4 Å². The van der Waals surface area contributed by atoms with Crippen molar-refractivity contribution in [3.63, 3.8) is 0 Å². The van der Waals surface area contributed by atoms with Crippen LogP contribution in [0, 0.1) is 0 Å². The molecule has 1 saturated heterocycles. The summed E-state index contributed by atoms with van der Waals surface area (Å²) in [6, 6.07) is 11.1. The van der Waals surface area contributed by atoms with Crippen molar-refractivity contribution in [2.24, 2.45) is 0 Å². The number of methoxy groups -OCH3 is 2. The Kier molecular flexibility index (Phi) is 7.43. The maximum atomic E-state index is 13.1. The number of amides is 1. The number of hydrogen-bond acceptors (Lipinski definition) is 6. The van der Waals surface area contributed by atoms with E-state index in [0.29, 0.717) is 35.6 Å². The molecule has 3 rings (SSSR count). The van der Waals surface area contributed by atoms with Crippen LogP contribution in [0.25, 0.3) is 5.76 Å². The van der Waals surface area contributed by atoms with Gasteiger partial charge in [0.25, 0.3) is 11.7 Å². The van der Waals surface area contributed by atoms with Crippen LogP contribution in [0.2, 0.25) is 5.02 Å². The number of ether oxygens (including phenoxy) is 2. The number of ketones is 1. The molecule has 0 aliphatic carbocycles. The van der Waals surface area contributed by atoms with Crippen molar-refractivity contribution in [3.05, 3.63) is 64.2 Å². The third kappa shape index (κ3) is 4.59. The standard InChI is InChI=1S/C24H27ClN2O5/c1-26(2)12-7-13-27-21(16-8-5-6-9-18(16)31-3)20(23(29)24(27)30)22(28)15-10-11-19(32-4)17(25)14-15/h5-6,8-11,14,21,28H,7,12-13H2,1-4H3. The molecule has 8 heteroatoms. The topological polar surface area (TPSA) is 79.3 Å². The van der Waals surface area contributed by atoms with Crippen LogP contribution in [0.4, 0.5) is 0 Å². The van der Waals surface area contributed by atoms with Gasteiger partial charge in [-0.05, 0) is 51.3 Å². The summed E-state index contributed by atoms with van der Waals surface area (Å²) >= 11 is 6.23. The highest BCUT2D eigenvalue weighted by Gasteiger charge is 2.46. The summed E-state index contributed by atoms with van der Waals surface area (Å²) in [5.74, 6) is -0.723. The quantitative estimate of drug-likeness (QED) is 0.369. The van der Waals surface area contributed by atoms with Crippen LogP contribution in [0.1, 0.15) is 23.6 Å². The van der Waals surface area contributed by atoms with Gasteiger partial charge in [-0.1, -0.05) is 29.8 Å². The number of halogens is 1. The normalized spacial score (nSPS) is 17.8. The number of hydrogen-bond donors (Lipinski definition) is 1. The van der Waals surface area contributed by atoms with Gasteiger partial charge in [0, 0.05) is 17.7 Å². The van der Waals surface area contributed by atoms with E-state index in [9.17, 15) is 14.7 Å². The molecule has 7 nitrogen and oxygen atoms in total. The first-order valence-corrected chi connectivity index (χ1v) is 10.6. The number of rotatable bonds is 8. The molecule has 170 valence electrons. The van der Waals surface area contributed by atoms with Crippen molar-refractivity contribution in [1.82, 2.24) is 9.80 Å². The molecule has 2 aromatic rings. The highest BCUT2D eigenvalue weighted by Crippen LogP contribution is 2.43. The Morgan fingerprint density at radius 3 is 2.41 bits per heavy atom. The van der Waals surface area contributed by atoms with Crippen molar-refractivity contribution >= 4 is 29.1 Å².